The molecule has 0 spiro atoms. The first-order valence-electron chi connectivity index (χ1n) is 9.03. The Kier molecular flexibility index (Phi) is 4.15. The number of amides is 2. The number of carbonyl (C=O) groups excluding carboxylic acids is 2. The van der Waals surface area contributed by atoms with Gasteiger partial charge in [0.25, 0.3) is 5.91 Å². The lowest BCUT2D eigenvalue weighted by atomic mass is 9.92. The summed E-state index contributed by atoms with van der Waals surface area (Å²) in [6.45, 7) is 3.95. The van der Waals surface area contributed by atoms with E-state index >= 15 is 0 Å². The smallest absolute Gasteiger partial charge is 0.410 e. The summed E-state index contributed by atoms with van der Waals surface area (Å²) in [5.41, 5.74) is 2.26. The molecule has 0 saturated carbocycles. The molecule has 0 aliphatic carbocycles. The molecule has 0 N–H and O–H groups in total. The van der Waals surface area contributed by atoms with E-state index in [1.807, 2.05) is 66.4 Å². The lowest BCUT2D eigenvalue weighted by Gasteiger charge is -2.44. The van der Waals surface area contributed by atoms with Crippen LogP contribution in [0.4, 0.5) is 4.79 Å². The summed E-state index contributed by atoms with van der Waals surface area (Å²) in [4.78, 5) is 28.9. The molecule has 134 valence electrons. The predicted molar refractivity (Wildman–Crippen MR) is 98.9 cm³/mol. The van der Waals surface area contributed by atoms with Crippen LogP contribution in [0, 0.1) is 0 Å². The zero-order valence-corrected chi connectivity index (χ0v) is 14.9. The van der Waals surface area contributed by atoms with Gasteiger partial charge in [0.2, 0.25) is 0 Å². The number of hydrogen-bond donors (Lipinski definition) is 0. The van der Waals surface area contributed by atoms with Gasteiger partial charge in [0.05, 0.1) is 5.54 Å². The van der Waals surface area contributed by atoms with Gasteiger partial charge in [0, 0.05) is 25.2 Å². The zero-order chi connectivity index (χ0) is 18.1. The van der Waals surface area contributed by atoms with E-state index in [0.29, 0.717) is 31.8 Å². The maximum absolute atomic E-state index is 13.3. The van der Waals surface area contributed by atoms with E-state index in [1.54, 1.807) is 4.90 Å². The molecule has 5 heteroatoms. The molecule has 1 unspecified atom stereocenters. The summed E-state index contributed by atoms with van der Waals surface area (Å²) < 4.78 is 5.27. The highest BCUT2D eigenvalue weighted by atomic mass is 16.6. The molecule has 4 rings (SSSR count). The van der Waals surface area contributed by atoms with Crippen molar-refractivity contribution >= 4 is 12.0 Å². The number of rotatable bonds is 3. The molecule has 0 radical (unpaired) electrons. The van der Waals surface area contributed by atoms with Gasteiger partial charge in [-0.25, -0.2) is 4.79 Å². The lowest BCUT2D eigenvalue weighted by molar-refractivity contribution is 0.0362. The summed E-state index contributed by atoms with van der Waals surface area (Å²) in [7, 11) is 0. The number of ether oxygens (including phenoxy) is 1. The highest BCUT2D eigenvalue weighted by molar-refractivity contribution is 6.01. The van der Waals surface area contributed by atoms with Crippen LogP contribution in [0.25, 0.3) is 11.1 Å². The Morgan fingerprint density at radius 1 is 1.08 bits per heavy atom. The SMILES string of the molecule is CCC12COC(=O)N1CCN(C(=O)c1ccccc1-c1ccccc1)C2. The fourth-order valence-corrected chi connectivity index (χ4v) is 3.95. The van der Waals surface area contributed by atoms with Crippen molar-refractivity contribution < 1.29 is 14.3 Å². The third kappa shape index (κ3) is 2.64. The van der Waals surface area contributed by atoms with Gasteiger partial charge in [0.1, 0.15) is 6.61 Å². The maximum Gasteiger partial charge on any atom is 0.410 e. The van der Waals surface area contributed by atoms with Crippen molar-refractivity contribution in [3.8, 4) is 11.1 Å². The van der Waals surface area contributed by atoms with Gasteiger partial charge in [-0.2, -0.15) is 0 Å². The number of cyclic esters (lactones) is 1. The molecule has 2 aliphatic rings. The molecule has 2 saturated heterocycles. The molecule has 0 bridgehead atoms. The monoisotopic (exact) mass is 350 g/mol. The summed E-state index contributed by atoms with van der Waals surface area (Å²) in [5.74, 6) is 0.0104. The summed E-state index contributed by atoms with van der Waals surface area (Å²) in [6, 6.07) is 17.7. The van der Waals surface area contributed by atoms with Crippen molar-refractivity contribution in [2.75, 3.05) is 26.2 Å². The van der Waals surface area contributed by atoms with Gasteiger partial charge in [-0.15, -0.1) is 0 Å². The Labute approximate surface area is 153 Å². The second-order valence-corrected chi connectivity index (χ2v) is 6.92. The Morgan fingerprint density at radius 3 is 2.58 bits per heavy atom. The number of hydrogen-bond acceptors (Lipinski definition) is 3. The van der Waals surface area contributed by atoms with Crippen molar-refractivity contribution in [3.05, 3.63) is 60.2 Å². The summed E-state index contributed by atoms with van der Waals surface area (Å²) in [6.07, 6.45) is 0.506. The lowest BCUT2D eigenvalue weighted by Crippen LogP contribution is -2.62. The third-order valence-electron chi connectivity index (χ3n) is 5.52. The fourth-order valence-electron chi connectivity index (χ4n) is 3.95. The van der Waals surface area contributed by atoms with Crippen molar-refractivity contribution in [1.29, 1.82) is 0 Å². The Morgan fingerprint density at radius 2 is 1.81 bits per heavy atom. The van der Waals surface area contributed by atoms with Crippen LogP contribution in [0.2, 0.25) is 0 Å². The second-order valence-electron chi connectivity index (χ2n) is 6.92. The number of piperazine rings is 1. The molecule has 2 fully saturated rings. The summed E-state index contributed by atoms with van der Waals surface area (Å²) >= 11 is 0. The van der Waals surface area contributed by atoms with Gasteiger partial charge in [-0.3, -0.25) is 9.69 Å². The van der Waals surface area contributed by atoms with E-state index in [0.717, 1.165) is 17.5 Å². The standard InChI is InChI=1S/C21H22N2O3/c1-2-21-14-22(12-13-23(21)20(25)26-15-21)19(24)18-11-7-6-10-17(18)16-8-4-3-5-9-16/h3-11H,2,12-15H2,1H3. The highest BCUT2D eigenvalue weighted by Crippen LogP contribution is 2.33. The van der Waals surface area contributed by atoms with Crippen LogP contribution in [-0.4, -0.2) is 53.6 Å². The quantitative estimate of drug-likeness (QED) is 0.852. The number of nitrogens with zero attached hydrogens (tertiary/aromatic N) is 2. The molecule has 2 amide bonds. The van der Waals surface area contributed by atoms with E-state index < -0.39 is 5.54 Å². The van der Waals surface area contributed by atoms with Gasteiger partial charge in [-0.05, 0) is 23.6 Å². The van der Waals surface area contributed by atoms with E-state index in [-0.39, 0.29) is 12.0 Å². The van der Waals surface area contributed by atoms with Gasteiger partial charge < -0.3 is 9.64 Å². The molecular weight excluding hydrogens is 328 g/mol. The molecule has 2 aromatic rings. The highest BCUT2D eigenvalue weighted by Gasteiger charge is 2.50. The van der Waals surface area contributed by atoms with E-state index in [2.05, 4.69) is 0 Å². The van der Waals surface area contributed by atoms with Gasteiger partial charge in [0.15, 0.2) is 0 Å². The molecule has 2 aromatic carbocycles. The molecule has 5 nitrogen and oxygen atoms in total. The van der Waals surface area contributed by atoms with Gasteiger partial charge in [-0.1, -0.05) is 55.5 Å². The largest absolute Gasteiger partial charge is 0.447 e. The fraction of sp³-hybridized carbons (Fsp3) is 0.333. The minimum atomic E-state index is -0.396. The van der Waals surface area contributed by atoms with Crippen molar-refractivity contribution in [2.45, 2.75) is 18.9 Å². The zero-order valence-electron chi connectivity index (χ0n) is 14.9. The van der Waals surface area contributed by atoms with Crippen LogP contribution in [0.3, 0.4) is 0 Å². The van der Waals surface area contributed by atoms with Crippen LogP contribution in [0.5, 0.6) is 0 Å². The first kappa shape index (κ1) is 16.6. The van der Waals surface area contributed by atoms with Crippen LogP contribution in [0.15, 0.2) is 54.6 Å². The minimum absolute atomic E-state index is 0.0104. The topological polar surface area (TPSA) is 49.9 Å². The number of benzene rings is 2. The normalized spacial score (nSPS) is 22.1. The third-order valence-corrected chi connectivity index (χ3v) is 5.52. The van der Waals surface area contributed by atoms with Crippen LogP contribution in [-0.2, 0) is 4.74 Å². The van der Waals surface area contributed by atoms with Crippen LogP contribution >= 0.6 is 0 Å². The first-order chi connectivity index (χ1) is 12.6. The molecule has 2 aliphatic heterocycles. The maximum atomic E-state index is 13.3. The van der Waals surface area contributed by atoms with Gasteiger partial charge >= 0.3 is 6.09 Å². The van der Waals surface area contributed by atoms with Crippen molar-refractivity contribution in [2.24, 2.45) is 0 Å². The average molecular weight is 350 g/mol. The first-order valence-corrected chi connectivity index (χ1v) is 9.03. The van der Waals surface area contributed by atoms with Crippen molar-refractivity contribution in [3.63, 3.8) is 0 Å². The number of fused-ring (bicyclic) bond motifs is 1. The summed E-state index contributed by atoms with van der Waals surface area (Å²) in [5, 5.41) is 0. The molecule has 1 atom stereocenters. The predicted octanol–water partition coefficient (Wildman–Crippen LogP) is 3.41. The molecule has 0 aromatic heterocycles. The van der Waals surface area contributed by atoms with E-state index in [9.17, 15) is 9.59 Å². The Bertz CT molecular complexity index is 836. The van der Waals surface area contributed by atoms with Crippen molar-refractivity contribution in [1.82, 2.24) is 9.80 Å². The second kappa shape index (κ2) is 6.48. The Hall–Kier alpha value is -2.82. The molecule has 2 heterocycles. The van der Waals surface area contributed by atoms with E-state index in [4.69, 9.17) is 4.74 Å². The van der Waals surface area contributed by atoms with Crippen LogP contribution in [0.1, 0.15) is 23.7 Å². The number of carbonyl (C=O) groups is 2. The Balaban J connectivity index is 1.64. The molecule has 26 heavy (non-hydrogen) atoms. The average Bonchev–Trinajstić information content (AvgIpc) is 3.05. The van der Waals surface area contributed by atoms with Crippen LogP contribution < -0.4 is 0 Å². The minimum Gasteiger partial charge on any atom is -0.447 e. The molecular formula is C21H22N2O3. The van der Waals surface area contributed by atoms with E-state index in [1.165, 1.54) is 0 Å².